The fourth-order valence-electron chi connectivity index (χ4n) is 2.25. The van der Waals surface area contributed by atoms with Gasteiger partial charge in [-0.25, -0.2) is 4.39 Å². The lowest BCUT2D eigenvalue weighted by Gasteiger charge is -2.30. The second kappa shape index (κ2) is 13.1. The molecule has 0 fully saturated rings. The summed E-state index contributed by atoms with van der Waals surface area (Å²) in [6.07, 6.45) is -0.741. The van der Waals surface area contributed by atoms with Crippen LogP contribution in [0.4, 0.5) is 4.39 Å². The molecule has 6 nitrogen and oxygen atoms in total. The molecule has 3 N–H and O–H groups in total. The quantitative estimate of drug-likeness (QED) is 0.278. The number of nitrogens with zero attached hydrogens (tertiary/aromatic N) is 1. The Bertz CT molecular complexity index is 550. The maximum absolute atomic E-state index is 12.9. The number of nitrogens with one attached hydrogen (secondary N) is 2. The number of ether oxygens (including phenoxy) is 2. The van der Waals surface area contributed by atoms with E-state index >= 15 is 0 Å². The van der Waals surface area contributed by atoms with Crippen molar-refractivity contribution >= 4 is 29.9 Å². The Morgan fingerprint density at radius 3 is 2.37 bits per heavy atom. The SMILES string of the molecule is CCNC(=NCC(O)COc1ccc(F)cc1)NCC(OC)C(C)(C)C.I. The lowest BCUT2D eigenvalue weighted by atomic mass is 9.89. The van der Waals surface area contributed by atoms with E-state index in [9.17, 15) is 9.50 Å². The first-order valence-electron chi connectivity index (χ1n) is 8.87. The van der Waals surface area contributed by atoms with E-state index in [1.807, 2.05) is 6.92 Å². The first-order valence-corrected chi connectivity index (χ1v) is 8.87. The fourth-order valence-corrected chi connectivity index (χ4v) is 2.25. The topological polar surface area (TPSA) is 75.1 Å². The summed E-state index contributed by atoms with van der Waals surface area (Å²) in [5.41, 5.74) is 0.00157. The zero-order valence-corrected chi connectivity index (χ0v) is 19.1. The highest BCUT2D eigenvalue weighted by atomic mass is 127. The molecule has 1 aromatic rings. The molecule has 0 saturated heterocycles. The molecule has 2 atom stereocenters. The Morgan fingerprint density at radius 2 is 1.85 bits per heavy atom. The molecular formula is C19H33FIN3O3. The van der Waals surface area contributed by atoms with Crippen LogP contribution in [0.1, 0.15) is 27.7 Å². The van der Waals surface area contributed by atoms with Crippen molar-refractivity contribution < 1.29 is 19.0 Å². The van der Waals surface area contributed by atoms with Crippen LogP contribution in [0, 0.1) is 11.2 Å². The van der Waals surface area contributed by atoms with E-state index in [4.69, 9.17) is 9.47 Å². The van der Waals surface area contributed by atoms with Crippen LogP contribution in [-0.4, -0.2) is 56.6 Å². The van der Waals surface area contributed by atoms with Crippen molar-refractivity contribution in [1.29, 1.82) is 0 Å². The van der Waals surface area contributed by atoms with Crippen molar-refractivity contribution in [1.82, 2.24) is 10.6 Å². The van der Waals surface area contributed by atoms with Crippen LogP contribution in [0.15, 0.2) is 29.3 Å². The van der Waals surface area contributed by atoms with E-state index in [2.05, 4.69) is 36.4 Å². The Kier molecular flexibility index (Phi) is 12.6. The number of hydrogen-bond donors (Lipinski definition) is 3. The number of aliphatic imine (C=N–C) groups is 1. The molecule has 0 heterocycles. The van der Waals surface area contributed by atoms with Crippen LogP contribution in [-0.2, 0) is 4.74 Å². The third-order valence-electron chi connectivity index (χ3n) is 3.77. The summed E-state index contributed by atoms with van der Waals surface area (Å²) in [5, 5.41) is 16.4. The van der Waals surface area contributed by atoms with Crippen molar-refractivity contribution in [3.8, 4) is 5.75 Å². The van der Waals surface area contributed by atoms with Gasteiger partial charge in [-0.05, 0) is 36.6 Å². The molecule has 0 amide bonds. The number of aliphatic hydroxyl groups is 1. The van der Waals surface area contributed by atoms with E-state index in [1.165, 1.54) is 24.3 Å². The average Bonchev–Trinajstić information content (AvgIpc) is 2.58. The van der Waals surface area contributed by atoms with Crippen LogP contribution < -0.4 is 15.4 Å². The Hall–Kier alpha value is -1.13. The van der Waals surface area contributed by atoms with Crippen LogP contribution in [0.3, 0.4) is 0 Å². The van der Waals surface area contributed by atoms with Gasteiger partial charge in [-0.3, -0.25) is 4.99 Å². The van der Waals surface area contributed by atoms with Crippen LogP contribution in [0.2, 0.25) is 0 Å². The minimum atomic E-state index is -0.767. The maximum atomic E-state index is 12.9. The summed E-state index contributed by atoms with van der Waals surface area (Å²) in [6.45, 7) is 9.90. The highest BCUT2D eigenvalue weighted by Gasteiger charge is 2.24. The summed E-state index contributed by atoms with van der Waals surface area (Å²) in [5.74, 6) is 0.792. The Labute approximate surface area is 179 Å². The number of guanidine groups is 1. The lowest BCUT2D eigenvalue weighted by molar-refractivity contribution is 0.0205. The van der Waals surface area contributed by atoms with Gasteiger partial charge in [0.2, 0.25) is 0 Å². The molecule has 27 heavy (non-hydrogen) atoms. The number of halogens is 2. The molecular weight excluding hydrogens is 464 g/mol. The summed E-state index contributed by atoms with van der Waals surface area (Å²) < 4.78 is 23.8. The van der Waals surface area contributed by atoms with Gasteiger partial charge in [0.25, 0.3) is 0 Å². The molecule has 2 unspecified atom stereocenters. The van der Waals surface area contributed by atoms with Gasteiger partial charge >= 0.3 is 0 Å². The Balaban J connectivity index is 0.00000676. The number of hydrogen-bond acceptors (Lipinski definition) is 4. The summed E-state index contributed by atoms with van der Waals surface area (Å²) in [6, 6.07) is 5.67. The van der Waals surface area contributed by atoms with E-state index in [-0.39, 0.29) is 54.5 Å². The van der Waals surface area contributed by atoms with Crippen molar-refractivity contribution in [3.63, 3.8) is 0 Å². The molecule has 0 saturated carbocycles. The number of methoxy groups -OCH3 is 1. The van der Waals surface area contributed by atoms with Gasteiger partial charge in [-0.1, -0.05) is 20.8 Å². The largest absolute Gasteiger partial charge is 0.491 e. The fraction of sp³-hybridized carbons (Fsp3) is 0.632. The van der Waals surface area contributed by atoms with Crippen molar-refractivity contribution in [2.75, 3.05) is 33.4 Å². The monoisotopic (exact) mass is 497 g/mol. The standard InChI is InChI=1S/C19H32FN3O3.HI/c1-6-21-18(23-12-17(25-5)19(2,3)4)22-11-15(24)13-26-16-9-7-14(20)8-10-16;/h7-10,15,17,24H,6,11-13H2,1-5H3,(H2,21,22,23);1H. The van der Waals surface area contributed by atoms with Crippen LogP contribution >= 0.6 is 24.0 Å². The first-order chi connectivity index (χ1) is 12.3. The zero-order chi connectivity index (χ0) is 19.6. The normalized spacial score (nSPS) is 14.1. The van der Waals surface area contributed by atoms with Crippen LogP contribution in [0.25, 0.3) is 0 Å². The van der Waals surface area contributed by atoms with Crippen molar-refractivity contribution in [2.24, 2.45) is 10.4 Å². The average molecular weight is 497 g/mol. The smallest absolute Gasteiger partial charge is 0.191 e. The minimum absolute atomic E-state index is 0. The van der Waals surface area contributed by atoms with E-state index < -0.39 is 6.10 Å². The predicted octanol–water partition coefficient (Wildman–Crippen LogP) is 2.80. The molecule has 0 aliphatic heterocycles. The van der Waals surface area contributed by atoms with Gasteiger partial charge < -0.3 is 25.2 Å². The maximum Gasteiger partial charge on any atom is 0.191 e. The van der Waals surface area contributed by atoms with E-state index in [1.54, 1.807) is 7.11 Å². The number of aliphatic hydroxyl groups excluding tert-OH is 1. The molecule has 0 spiro atoms. The van der Waals surface area contributed by atoms with Crippen LogP contribution in [0.5, 0.6) is 5.75 Å². The predicted molar refractivity (Wildman–Crippen MR) is 118 cm³/mol. The molecule has 0 aliphatic rings. The first kappa shape index (κ1) is 25.9. The van der Waals surface area contributed by atoms with E-state index in [0.29, 0.717) is 24.8 Å². The number of rotatable bonds is 9. The Morgan fingerprint density at radius 1 is 1.22 bits per heavy atom. The summed E-state index contributed by atoms with van der Waals surface area (Å²) in [7, 11) is 1.69. The molecule has 0 bridgehead atoms. The van der Waals surface area contributed by atoms with Gasteiger partial charge in [0.15, 0.2) is 5.96 Å². The molecule has 1 aromatic carbocycles. The van der Waals surface area contributed by atoms with Gasteiger partial charge in [0.1, 0.15) is 24.3 Å². The lowest BCUT2D eigenvalue weighted by Crippen LogP contribution is -2.45. The highest BCUT2D eigenvalue weighted by Crippen LogP contribution is 2.20. The number of benzene rings is 1. The molecule has 8 heteroatoms. The van der Waals surface area contributed by atoms with Crippen molar-refractivity contribution in [3.05, 3.63) is 30.1 Å². The second-order valence-corrected chi connectivity index (χ2v) is 7.11. The molecule has 0 radical (unpaired) electrons. The third-order valence-corrected chi connectivity index (χ3v) is 3.77. The zero-order valence-electron chi connectivity index (χ0n) is 16.8. The minimum Gasteiger partial charge on any atom is -0.491 e. The molecule has 156 valence electrons. The summed E-state index contributed by atoms with van der Waals surface area (Å²) in [4.78, 5) is 4.38. The second-order valence-electron chi connectivity index (χ2n) is 7.11. The highest BCUT2D eigenvalue weighted by molar-refractivity contribution is 14.0. The van der Waals surface area contributed by atoms with Gasteiger partial charge in [0, 0.05) is 20.2 Å². The molecule has 1 rings (SSSR count). The summed E-state index contributed by atoms with van der Waals surface area (Å²) >= 11 is 0. The van der Waals surface area contributed by atoms with Gasteiger partial charge in [-0.15, -0.1) is 24.0 Å². The van der Waals surface area contributed by atoms with Crippen molar-refractivity contribution in [2.45, 2.75) is 39.9 Å². The molecule has 0 aromatic heterocycles. The molecule has 0 aliphatic carbocycles. The van der Waals surface area contributed by atoms with E-state index in [0.717, 1.165) is 0 Å². The van der Waals surface area contributed by atoms with Gasteiger partial charge in [-0.2, -0.15) is 0 Å². The third kappa shape index (κ3) is 10.7. The van der Waals surface area contributed by atoms with Gasteiger partial charge in [0.05, 0.1) is 12.6 Å².